The van der Waals surface area contributed by atoms with Crippen molar-refractivity contribution in [3.05, 3.63) is 71.8 Å². The highest BCUT2D eigenvalue weighted by Gasteiger charge is 2.17. The van der Waals surface area contributed by atoms with Crippen molar-refractivity contribution in [2.45, 2.75) is 44.9 Å². The van der Waals surface area contributed by atoms with Crippen LogP contribution in [-0.4, -0.2) is 0 Å². The van der Waals surface area contributed by atoms with Crippen LogP contribution in [0.5, 0.6) is 0 Å². The summed E-state index contributed by atoms with van der Waals surface area (Å²) in [6.45, 7) is 2.21. The molecule has 1 aromatic heterocycles. The number of hydrogen-bond acceptors (Lipinski definition) is 2. The van der Waals surface area contributed by atoms with Crippen LogP contribution in [0, 0.1) is 6.92 Å². The molecule has 0 atom stereocenters. The van der Waals surface area contributed by atoms with Crippen molar-refractivity contribution < 1.29 is 0 Å². The van der Waals surface area contributed by atoms with E-state index in [2.05, 4.69) is 93.6 Å². The van der Waals surface area contributed by atoms with Gasteiger partial charge in [-0.05, 0) is 55.0 Å². The topological polar surface area (TPSA) is 3.24 Å². The lowest BCUT2D eigenvalue weighted by Gasteiger charge is -2.23. The number of anilines is 2. The fourth-order valence-corrected chi connectivity index (χ4v) is 6.71. The van der Waals surface area contributed by atoms with Crippen LogP contribution in [0.15, 0.2) is 60.7 Å². The van der Waals surface area contributed by atoms with Gasteiger partial charge in [0.05, 0.1) is 38.9 Å². The van der Waals surface area contributed by atoms with E-state index < -0.39 is 0 Å². The smallest absolute Gasteiger partial charge is 0.0689 e. The molecule has 0 radical (unpaired) electrons. The van der Waals surface area contributed by atoms with Crippen molar-refractivity contribution in [1.29, 1.82) is 0 Å². The molecule has 1 nitrogen and oxygen atoms in total. The van der Waals surface area contributed by atoms with Gasteiger partial charge < -0.3 is 0 Å². The monoisotopic (exact) mass is 497 g/mol. The first-order valence-corrected chi connectivity index (χ1v) is 12.0. The highest BCUT2D eigenvalue weighted by Crippen LogP contribution is 2.44. The minimum atomic E-state index is 0.763. The Morgan fingerprint density at radius 2 is 1.50 bits per heavy atom. The fourth-order valence-electron chi connectivity index (χ4n) is 4.55. The summed E-state index contributed by atoms with van der Waals surface area (Å²) >= 11 is 4.38. The summed E-state index contributed by atoms with van der Waals surface area (Å²) in [5, 5.41) is 2.74. The third-order valence-electron chi connectivity index (χ3n) is 6.11. The van der Waals surface area contributed by atoms with Crippen molar-refractivity contribution in [3.63, 3.8) is 0 Å². The summed E-state index contributed by atoms with van der Waals surface area (Å²) in [4.78, 5) is 0. The number of thiophene rings is 1. The van der Waals surface area contributed by atoms with Gasteiger partial charge in [0, 0.05) is 15.5 Å². The molecule has 0 spiro atoms. The normalized spacial score (nSPS) is 15.4. The number of nitrogens with zero attached hydrogens (tertiary/aromatic N) is 1. The van der Waals surface area contributed by atoms with Crippen molar-refractivity contribution >= 4 is 65.7 Å². The lowest BCUT2D eigenvalue weighted by Crippen LogP contribution is -2.05. The second-order valence-corrected chi connectivity index (χ2v) is 9.90. The minimum Gasteiger partial charge on any atom is -0.282 e. The van der Waals surface area contributed by atoms with Gasteiger partial charge in [0.2, 0.25) is 0 Å². The molecule has 0 amide bonds. The predicted octanol–water partition coefficient (Wildman–Crippen LogP) is 8.90. The molecule has 0 saturated heterocycles. The molecule has 1 saturated carbocycles. The van der Waals surface area contributed by atoms with Gasteiger partial charge in [-0.1, -0.05) is 61.7 Å². The van der Waals surface area contributed by atoms with E-state index in [4.69, 9.17) is 0 Å². The SMILES string of the molecule is Cc1cccc2c1sc1c(N(I)c3ccc(C4CCCCC4)cc3)cccc12. The van der Waals surface area contributed by atoms with Gasteiger partial charge in [-0.25, -0.2) is 0 Å². The highest BCUT2D eigenvalue weighted by molar-refractivity contribution is 14.1. The summed E-state index contributed by atoms with van der Waals surface area (Å²) in [6.07, 6.45) is 6.90. The molecular formula is C25H24INS. The minimum absolute atomic E-state index is 0.763. The Morgan fingerprint density at radius 1 is 0.821 bits per heavy atom. The molecule has 3 heteroatoms. The van der Waals surface area contributed by atoms with Crippen LogP contribution >= 0.6 is 34.2 Å². The van der Waals surface area contributed by atoms with Crippen LogP contribution < -0.4 is 3.11 Å². The molecule has 28 heavy (non-hydrogen) atoms. The lowest BCUT2D eigenvalue weighted by atomic mass is 9.84. The summed E-state index contributed by atoms with van der Waals surface area (Å²) in [5.74, 6) is 0.763. The Balaban J connectivity index is 1.52. The number of hydrogen-bond donors (Lipinski definition) is 0. The van der Waals surface area contributed by atoms with Crippen LogP contribution in [0.2, 0.25) is 0 Å². The standard InChI is InChI=1S/C25H24INS/c1-17-7-5-10-21-22-11-6-12-23(25(22)28-24(17)21)27(26)20-15-13-19(14-16-20)18-8-3-2-4-9-18/h5-7,10-16,18H,2-4,8-9H2,1H3. The molecule has 1 heterocycles. The highest BCUT2D eigenvalue weighted by atomic mass is 127. The van der Waals surface area contributed by atoms with E-state index in [1.807, 2.05) is 11.3 Å². The lowest BCUT2D eigenvalue weighted by molar-refractivity contribution is 0.443. The Morgan fingerprint density at radius 3 is 2.25 bits per heavy atom. The Labute approximate surface area is 184 Å². The maximum Gasteiger partial charge on any atom is 0.0689 e. The van der Waals surface area contributed by atoms with E-state index in [9.17, 15) is 0 Å². The van der Waals surface area contributed by atoms with Crippen molar-refractivity contribution in [1.82, 2.24) is 0 Å². The number of halogens is 1. The third-order valence-corrected chi connectivity index (χ3v) is 8.56. The molecule has 0 bridgehead atoms. The molecule has 142 valence electrons. The number of rotatable bonds is 3. The summed E-state index contributed by atoms with van der Waals surface area (Å²) in [5.41, 5.74) is 5.41. The zero-order valence-electron chi connectivity index (χ0n) is 16.1. The van der Waals surface area contributed by atoms with Crippen LogP contribution in [-0.2, 0) is 0 Å². The van der Waals surface area contributed by atoms with E-state index in [0.29, 0.717) is 0 Å². The first-order chi connectivity index (χ1) is 13.7. The molecule has 0 unspecified atom stereocenters. The Hall–Kier alpha value is -1.59. The molecule has 1 aliphatic carbocycles. The van der Waals surface area contributed by atoms with Gasteiger partial charge in [-0.15, -0.1) is 11.3 Å². The molecule has 0 N–H and O–H groups in total. The molecule has 1 fully saturated rings. The molecule has 1 aliphatic rings. The number of aryl methyl sites for hydroxylation is 1. The van der Waals surface area contributed by atoms with E-state index in [0.717, 1.165) is 5.92 Å². The molecule has 3 aromatic carbocycles. The summed E-state index contributed by atoms with van der Waals surface area (Å²) in [7, 11) is 0. The summed E-state index contributed by atoms with van der Waals surface area (Å²) < 4.78 is 5.09. The maximum atomic E-state index is 2.46. The van der Waals surface area contributed by atoms with E-state index in [-0.39, 0.29) is 0 Å². The van der Waals surface area contributed by atoms with Gasteiger partial charge in [0.1, 0.15) is 0 Å². The number of fused-ring (bicyclic) bond motifs is 3. The third kappa shape index (κ3) is 3.22. The van der Waals surface area contributed by atoms with E-state index in [1.54, 1.807) is 0 Å². The van der Waals surface area contributed by atoms with Gasteiger partial charge in [-0.3, -0.25) is 3.11 Å². The second kappa shape index (κ2) is 7.68. The van der Waals surface area contributed by atoms with E-state index >= 15 is 0 Å². The quantitative estimate of drug-likeness (QED) is 0.202. The zero-order valence-corrected chi connectivity index (χ0v) is 19.1. The van der Waals surface area contributed by atoms with Crippen LogP contribution in [0.3, 0.4) is 0 Å². The number of benzene rings is 3. The average Bonchev–Trinajstić information content (AvgIpc) is 3.14. The molecule has 4 aromatic rings. The zero-order chi connectivity index (χ0) is 19.1. The van der Waals surface area contributed by atoms with Crippen molar-refractivity contribution in [2.75, 3.05) is 3.11 Å². The molecular weight excluding hydrogens is 473 g/mol. The van der Waals surface area contributed by atoms with Crippen molar-refractivity contribution in [3.8, 4) is 0 Å². The average molecular weight is 497 g/mol. The van der Waals surface area contributed by atoms with Gasteiger partial charge in [-0.2, -0.15) is 0 Å². The van der Waals surface area contributed by atoms with Crippen molar-refractivity contribution in [2.24, 2.45) is 0 Å². The van der Waals surface area contributed by atoms with Gasteiger partial charge in [0.15, 0.2) is 0 Å². The largest absolute Gasteiger partial charge is 0.282 e. The predicted molar refractivity (Wildman–Crippen MR) is 132 cm³/mol. The Bertz CT molecular complexity index is 1120. The Kier molecular flexibility index (Phi) is 5.06. The maximum absolute atomic E-state index is 2.46. The van der Waals surface area contributed by atoms with Gasteiger partial charge in [0.25, 0.3) is 0 Å². The summed E-state index contributed by atoms with van der Waals surface area (Å²) in [6, 6.07) is 22.6. The fraction of sp³-hybridized carbons (Fsp3) is 0.280. The molecule has 0 aliphatic heterocycles. The van der Waals surface area contributed by atoms with Crippen LogP contribution in [0.1, 0.15) is 49.1 Å². The van der Waals surface area contributed by atoms with E-state index in [1.165, 1.54) is 74.8 Å². The first-order valence-electron chi connectivity index (χ1n) is 10.2. The first kappa shape index (κ1) is 18.4. The van der Waals surface area contributed by atoms with Crippen LogP contribution in [0.4, 0.5) is 11.4 Å². The van der Waals surface area contributed by atoms with Gasteiger partial charge >= 0.3 is 0 Å². The second-order valence-electron chi connectivity index (χ2n) is 7.91. The van der Waals surface area contributed by atoms with Crippen LogP contribution in [0.25, 0.3) is 20.2 Å². The molecule has 5 rings (SSSR count).